The number of nitrogens with zero attached hydrogens (tertiary/aromatic N) is 1. The molecular weight excluding hydrogens is 236 g/mol. The Morgan fingerprint density at radius 1 is 1.24 bits per heavy atom. The number of hydrogen-bond acceptors (Lipinski definition) is 3. The van der Waals surface area contributed by atoms with Gasteiger partial charge < -0.3 is 15.0 Å². The van der Waals surface area contributed by atoms with Crippen LogP contribution in [0.5, 0.6) is 5.75 Å². The summed E-state index contributed by atoms with van der Waals surface area (Å²) >= 11 is 5.97. The van der Waals surface area contributed by atoms with E-state index in [1.165, 1.54) is 0 Å². The zero-order chi connectivity index (χ0) is 12.5. The molecule has 0 radical (unpaired) electrons. The van der Waals surface area contributed by atoms with Gasteiger partial charge in [-0.25, -0.2) is 0 Å². The highest BCUT2D eigenvalue weighted by atomic mass is 35.5. The summed E-state index contributed by atoms with van der Waals surface area (Å²) in [5, 5.41) is 4.00. The van der Waals surface area contributed by atoms with E-state index < -0.39 is 0 Å². The van der Waals surface area contributed by atoms with Crippen molar-refractivity contribution >= 4 is 11.6 Å². The maximum absolute atomic E-state index is 5.97. The molecule has 0 amide bonds. The molecule has 1 aromatic rings. The van der Waals surface area contributed by atoms with E-state index in [9.17, 15) is 0 Å². The average molecular weight is 257 g/mol. The van der Waals surface area contributed by atoms with Crippen molar-refractivity contribution in [3.05, 3.63) is 29.3 Å². The van der Waals surface area contributed by atoms with Gasteiger partial charge in [-0.2, -0.15) is 0 Å². The summed E-state index contributed by atoms with van der Waals surface area (Å²) in [6.07, 6.45) is 1.15. The zero-order valence-electron chi connectivity index (χ0n) is 10.6. The minimum absolute atomic E-state index is 0.645. The van der Waals surface area contributed by atoms with Crippen molar-refractivity contribution in [2.24, 2.45) is 0 Å². The quantitative estimate of drug-likeness (QED) is 0.722. The van der Waals surface area contributed by atoms with Crippen LogP contribution in [-0.2, 0) is 0 Å². The second kappa shape index (κ2) is 8.34. The molecule has 0 unspecified atom stereocenters. The lowest BCUT2D eigenvalue weighted by atomic mass is 10.3. The smallest absolute Gasteiger partial charge is 0.137 e. The highest BCUT2D eigenvalue weighted by Crippen LogP contribution is 2.22. The number of benzene rings is 1. The first kappa shape index (κ1) is 14.3. The van der Waals surface area contributed by atoms with E-state index in [4.69, 9.17) is 16.3 Å². The van der Waals surface area contributed by atoms with Gasteiger partial charge in [-0.15, -0.1) is 0 Å². The van der Waals surface area contributed by atoms with Gasteiger partial charge in [-0.3, -0.25) is 0 Å². The van der Waals surface area contributed by atoms with Crippen molar-refractivity contribution in [3.8, 4) is 5.75 Å². The van der Waals surface area contributed by atoms with Crippen LogP contribution in [0, 0.1) is 0 Å². The molecule has 4 heteroatoms. The molecule has 0 atom stereocenters. The molecule has 0 aliphatic heterocycles. The first-order chi connectivity index (χ1) is 8.20. The fraction of sp³-hybridized carbons (Fsp3) is 0.538. The zero-order valence-corrected chi connectivity index (χ0v) is 11.3. The third kappa shape index (κ3) is 6.51. The van der Waals surface area contributed by atoms with Crippen LogP contribution in [-0.4, -0.2) is 45.2 Å². The molecular formula is C13H21ClN2O. The summed E-state index contributed by atoms with van der Waals surface area (Å²) < 4.78 is 5.56. The van der Waals surface area contributed by atoms with Gasteiger partial charge in [-0.05, 0) is 45.7 Å². The molecule has 0 saturated heterocycles. The Hall–Kier alpha value is -0.770. The standard InChI is InChI=1S/C13H21ClN2O/c1-16(2)10-5-8-15-9-11-17-13-7-4-3-6-12(13)14/h3-4,6-7,15H,5,8-11H2,1-2H3. The lowest BCUT2D eigenvalue weighted by Gasteiger charge is -2.10. The van der Waals surface area contributed by atoms with Crippen molar-refractivity contribution in [2.75, 3.05) is 40.3 Å². The Morgan fingerprint density at radius 3 is 2.71 bits per heavy atom. The summed E-state index contributed by atoms with van der Waals surface area (Å²) in [6, 6.07) is 7.54. The minimum Gasteiger partial charge on any atom is -0.491 e. The second-order valence-electron chi connectivity index (χ2n) is 4.19. The first-order valence-electron chi connectivity index (χ1n) is 5.93. The number of hydrogen-bond donors (Lipinski definition) is 1. The molecule has 17 heavy (non-hydrogen) atoms. The average Bonchev–Trinajstić information content (AvgIpc) is 2.30. The van der Waals surface area contributed by atoms with Gasteiger partial charge in [0.2, 0.25) is 0 Å². The summed E-state index contributed by atoms with van der Waals surface area (Å²) in [6.45, 7) is 3.62. The van der Waals surface area contributed by atoms with Crippen LogP contribution in [0.25, 0.3) is 0 Å². The number of para-hydroxylation sites is 1. The number of halogens is 1. The number of nitrogens with one attached hydrogen (secondary N) is 1. The molecule has 0 fully saturated rings. The Kier molecular flexibility index (Phi) is 7.01. The molecule has 0 aromatic heterocycles. The van der Waals surface area contributed by atoms with Gasteiger partial charge >= 0.3 is 0 Å². The molecule has 1 N–H and O–H groups in total. The van der Waals surface area contributed by atoms with Gasteiger partial charge in [-0.1, -0.05) is 23.7 Å². The summed E-state index contributed by atoms with van der Waals surface area (Å²) in [5.74, 6) is 0.754. The van der Waals surface area contributed by atoms with E-state index in [0.29, 0.717) is 11.6 Å². The SMILES string of the molecule is CN(C)CCCNCCOc1ccccc1Cl. The third-order valence-corrected chi connectivity index (χ3v) is 2.64. The van der Waals surface area contributed by atoms with E-state index in [1.807, 2.05) is 24.3 Å². The maximum atomic E-state index is 5.97. The van der Waals surface area contributed by atoms with E-state index in [-0.39, 0.29) is 0 Å². The maximum Gasteiger partial charge on any atom is 0.137 e. The normalized spacial score (nSPS) is 10.8. The van der Waals surface area contributed by atoms with Crippen molar-refractivity contribution in [3.63, 3.8) is 0 Å². The fourth-order valence-corrected chi connectivity index (χ4v) is 1.63. The van der Waals surface area contributed by atoms with Gasteiger partial charge in [0.25, 0.3) is 0 Å². The Labute approximate surface area is 109 Å². The minimum atomic E-state index is 0.645. The topological polar surface area (TPSA) is 24.5 Å². The van der Waals surface area contributed by atoms with Gasteiger partial charge in [0.15, 0.2) is 0 Å². The van der Waals surface area contributed by atoms with Crippen LogP contribution in [0.4, 0.5) is 0 Å². The molecule has 0 saturated carbocycles. The second-order valence-corrected chi connectivity index (χ2v) is 4.59. The summed E-state index contributed by atoms with van der Waals surface area (Å²) in [5.41, 5.74) is 0. The molecule has 0 aliphatic carbocycles. The van der Waals surface area contributed by atoms with Crippen molar-refractivity contribution in [1.29, 1.82) is 0 Å². The Balaban J connectivity index is 2.03. The molecule has 96 valence electrons. The van der Waals surface area contributed by atoms with Gasteiger partial charge in [0.1, 0.15) is 12.4 Å². The number of rotatable bonds is 8. The lowest BCUT2D eigenvalue weighted by molar-refractivity contribution is 0.311. The van der Waals surface area contributed by atoms with Crippen LogP contribution in [0.3, 0.4) is 0 Å². The van der Waals surface area contributed by atoms with E-state index >= 15 is 0 Å². The van der Waals surface area contributed by atoms with Crippen LogP contribution >= 0.6 is 11.6 Å². The molecule has 0 spiro atoms. The van der Waals surface area contributed by atoms with Crippen LogP contribution in [0.2, 0.25) is 5.02 Å². The molecule has 0 aliphatic rings. The van der Waals surface area contributed by atoms with E-state index in [1.54, 1.807) is 0 Å². The molecule has 3 nitrogen and oxygen atoms in total. The fourth-order valence-electron chi connectivity index (χ4n) is 1.44. The third-order valence-electron chi connectivity index (χ3n) is 2.33. The van der Waals surface area contributed by atoms with E-state index in [2.05, 4.69) is 24.3 Å². The molecule has 1 rings (SSSR count). The van der Waals surface area contributed by atoms with Crippen molar-refractivity contribution in [1.82, 2.24) is 10.2 Å². The lowest BCUT2D eigenvalue weighted by Crippen LogP contribution is -2.25. The highest BCUT2D eigenvalue weighted by molar-refractivity contribution is 6.32. The first-order valence-corrected chi connectivity index (χ1v) is 6.30. The largest absolute Gasteiger partial charge is 0.491 e. The highest BCUT2D eigenvalue weighted by Gasteiger charge is 1.98. The predicted molar refractivity (Wildman–Crippen MR) is 73.0 cm³/mol. The monoisotopic (exact) mass is 256 g/mol. The van der Waals surface area contributed by atoms with Crippen LogP contribution in [0.15, 0.2) is 24.3 Å². The molecule has 1 aromatic carbocycles. The van der Waals surface area contributed by atoms with Crippen LogP contribution < -0.4 is 10.1 Å². The van der Waals surface area contributed by atoms with Crippen molar-refractivity contribution < 1.29 is 4.74 Å². The van der Waals surface area contributed by atoms with Crippen LogP contribution in [0.1, 0.15) is 6.42 Å². The molecule has 0 heterocycles. The predicted octanol–water partition coefficient (Wildman–Crippen LogP) is 2.26. The van der Waals surface area contributed by atoms with Gasteiger partial charge in [0, 0.05) is 6.54 Å². The van der Waals surface area contributed by atoms with Gasteiger partial charge in [0.05, 0.1) is 5.02 Å². The summed E-state index contributed by atoms with van der Waals surface area (Å²) in [4.78, 5) is 2.18. The number of ether oxygens (including phenoxy) is 1. The summed E-state index contributed by atoms with van der Waals surface area (Å²) in [7, 11) is 4.17. The Bertz CT molecular complexity index is 318. The Morgan fingerprint density at radius 2 is 2.00 bits per heavy atom. The molecule has 0 bridgehead atoms. The van der Waals surface area contributed by atoms with Crippen molar-refractivity contribution in [2.45, 2.75) is 6.42 Å². The van der Waals surface area contributed by atoms with E-state index in [0.717, 1.165) is 31.8 Å².